The third-order valence-corrected chi connectivity index (χ3v) is 6.13. The van der Waals surface area contributed by atoms with Gasteiger partial charge in [-0.2, -0.15) is 0 Å². The Morgan fingerprint density at radius 2 is 1.97 bits per heavy atom. The number of carbonyl (C=O) groups is 2. The fraction of sp³-hybridized carbons (Fsp3) is 0.280. The topological polar surface area (TPSA) is 91.9 Å². The van der Waals surface area contributed by atoms with Gasteiger partial charge in [-0.05, 0) is 37.1 Å². The number of Topliss-reactive ketones (excluding diaryl/α,β-unsaturated/α-hetero) is 1. The lowest BCUT2D eigenvalue weighted by molar-refractivity contribution is -0.140. The van der Waals surface area contributed by atoms with Gasteiger partial charge in [0.1, 0.15) is 11.5 Å². The van der Waals surface area contributed by atoms with Crippen LogP contribution in [0.3, 0.4) is 0 Å². The zero-order chi connectivity index (χ0) is 23.7. The van der Waals surface area contributed by atoms with E-state index < -0.39 is 17.7 Å². The van der Waals surface area contributed by atoms with E-state index in [0.717, 1.165) is 22.0 Å². The number of aromatic nitrogens is 1. The molecule has 1 saturated heterocycles. The summed E-state index contributed by atoms with van der Waals surface area (Å²) in [6.45, 7) is 2.55. The fourth-order valence-electron chi connectivity index (χ4n) is 4.39. The average Bonchev–Trinajstić information content (AvgIpc) is 3.32. The predicted octanol–water partition coefficient (Wildman–Crippen LogP) is 4.60. The van der Waals surface area contributed by atoms with Crippen LogP contribution in [0.5, 0.6) is 5.75 Å². The SMILES string of the molecule is COCCCN1C(=O)C(=O)/C(=C(/O)c2cc(C)cc(Cl)c2OC)C1c1c[nH]c2ccccc12. The predicted molar refractivity (Wildman–Crippen MR) is 127 cm³/mol. The van der Waals surface area contributed by atoms with Crippen LogP contribution in [0.15, 0.2) is 48.2 Å². The number of likely N-dealkylation sites (tertiary alicyclic amines) is 1. The summed E-state index contributed by atoms with van der Waals surface area (Å²) in [7, 11) is 3.02. The monoisotopic (exact) mass is 468 g/mol. The second-order valence-electron chi connectivity index (χ2n) is 7.96. The van der Waals surface area contributed by atoms with Gasteiger partial charge in [-0.25, -0.2) is 0 Å². The van der Waals surface area contributed by atoms with Gasteiger partial charge in [0.25, 0.3) is 11.7 Å². The maximum atomic E-state index is 13.3. The number of nitrogens with one attached hydrogen (secondary N) is 1. The normalized spacial score (nSPS) is 17.8. The van der Waals surface area contributed by atoms with Crippen molar-refractivity contribution in [3.63, 3.8) is 0 Å². The number of methoxy groups -OCH3 is 2. The number of amides is 1. The molecule has 1 amide bonds. The first-order valence-electron chi connectivity index (χ1n) is 10.6. The molecule has 2 heterocycles. The lowest BCUT2D eigenvalue weighted by Crippen LogP contribution is -2.31. The smallest absolute Gasteiger partial charge is 0.295 e. The number of para-hydroxylation sites is 1. The van der Waals surface area contributed by atoms with Crippen molar-refractivity contribution in [2.24, 2.45) is 0 Å². The number of ether oxygens (including phenoxy) is 2. The zero-order valence-corrected chi connectivity index (χ0v) is 19.4. The summed E-state index contributed by atoms with van der Waals surface area (Å²) in [6.07, 6.45) is 2.32. The van der Waals surface area contributed by atoms with E-state index in [9.17, 15) is 14.7 Å². The summed E-state index contributed by atoms with van der Waals surface area (Å²) < 4.78 is 10.6. The van der Waals surface area contributed by atoms with E-state index in [-0.39, 0.29) is 22.6 Å². The van der Waals surface area contributed by atoms with Crippen molar-refractivity contribution in [1.82, 2.24) is 9.88 Å². The minimum atomic E-state index is -0.776. The van der Waals surface area contributed by atoms with Crippen molar-refractivity contribution in [2.45, 2.75) is 19.4 Å². The number of aryl methyl sites for hydroxylation is 1. The Bertz CT molecular complexity index is 1260. The number of ketones is 1. The Labute approximate surface area is 196 Å². The molecule has 1 atom stereocenters. The molecular weight excluding hydrogens is 444 g/mol. The molecule has 1 unspecified atom stereocenters. The van der Waals surface area contributed by atoms with Crippen molar-refractivity contribution in [1.29, 1.82) is 0 Å². The molecule has 2 aromatic carbocycles. The van der Waals surface area contributed by atoms with Crippen LogP contribution in [0.2, 0.25) is 5.02 Å². The second-order valence-corrected chi connectivity index (χ2v) is 8.36. The first kappa shape index (κ1) is 22.9. The van der Waals surface area contributed by atoms with E-state index in [1.54, 1.807) is 25.4 Å². The number of hydrogen-bond acceptors (Lipinski definition) is 5. The Hall–Kier alpha value is -3.29. The first-order valence-corrected chi connectivity index (χ1v) is 10.9. The van der Waals surface area contributed by atoms with E-state index in [0.29, 0.717) is 24.6 Å². The van der Waals surface area contributed by atoms with Crippen molar-refractivity contribution in [3.8, 4) is 5.75 Å². The highest BCUT2D eigenvalue weighted by molar-refractivity contribution is 6.46. The van der Waals surface area contributed by atoms with Gasteiger partial charge >= 0.3 is 0 Å². The highest BCUT2D eigenvalue weighted by Crippen LogP contribution is 2.44. The lowest BCUT2D eigenvalue weighted by atomic mass is 9.94. The number of halogens is 1. The maximum absolute atomic E-state index is 13.3. The van der Waals surface area contributed by atoms with Gasteiger partial charge in [-0.1, -0.05) is 29.8 Å². The van der Waals surface area contributed by atoms with Gasteiger partial charge in [-0.15, -0.1) is 0 Å². The fourth-order valence-corrected chi connectivity index (χ4v) is 4.74. The standard InChI is InChI=1S/C25H25ClN2O5/c1-14-11-16(24(33-3)18(26)12-14)22(29)20-21(17-13-27-19-8-5-4-7-15(17)19)28(9-6-10-32-2)25(31)23(20)30/h4-5,7-8,11-13,21,27,29H,6,9-10H2,1-3H3/b22-20+. The number of fused-ring (bicyclic) bond motifs is 1. The van der Waals surface area contributed by atoms with E-state index in [2.05, 4.69) is 4.98 Å². The number of carbonyl (C=O) groups excluding carboxylic acids is 2. The molecule has 0 spiro atoms. The van der Waals surface area contributed by atoms with E-state index >= 15 is 0 Å². The Kier molecular flexibility index (Phi) is 6.44. The van der Waals surface area contributed by atoms with Gasteiger partial charge in [0, 0.05) is 42.9 Å². The molecule has 1 fully saturated rings. The number of hydrogen-bond donors (Lipinski definition) is 2. The second kappa shape index (κ2) is 9.29. The highest BCUT2D eigenvalue weighted by atomic mass is 35.5. The Balaban J connectivity index is 1.95. The minimum absolute atomic E-state index is 0.00198. The molecule has 33 heavy (non-hydrogen) atoms. The lowest BCUT2D eigenvalue weighted by Gasteiger charge is -2.25. The quantitative estimate of drug-likeness (QED) is 0.229. The summed E-state index contributed by atoms with van der Waals surface area (Å²) >= 11 is 6.34. The molecule has 3 aromatic rings. The van der Waals surface area contributed by atoms with Crippen LogP contribution in [-0.4, -0.2) is 54.1 Å². The van der Waals surface area contributed by atoms with Crippen molar-refractivity contribution < 1.29 is 24.2 Å². The molecule has 8 heteroatoms. The number of aromatic amines is 1. The highest BCUT2D eigenvalue weighted by Gasteiger charge is 2.47. The van der Waals surface area contributed by atoms with Crippen molar-refractivity contribution >= 4 is 40.0 Å². The molecule has 172 valence electrons. The number of aliphatic hydroxyl groups excluding tert-OH is 1. The van der Waals surface area contributed by atoms with E-state index in [1.165, 1.54) is 12.0 Å². The van der Waals surface area contributed by atoms with Gasteiger partial charge in [-0.3, -0.25) is 9.59 Å². The van der Waals surface area contributed by atoms with Crippen LogP contribution in [0.25, 0.3) is 16.7 Å². The summed E-state index contributed by atoms with van der Waals surface area (Å²) in [5.74, 6) is -1.50. The molecule has 0 radical (unpaired) electrons. The van der Waals surface area contributed by atoms with Crippen LogP contribution < -0.4 is 4.74 Å². The summed E-state index contributed by atoms with van der Waals surface area (Å²) in [4.78, 5) is 31.0. The molecule has 1 aliphatic heterocycles. The van der Waals surface area contributed by atoms with Crippen molar-refractivity contribution in [2.75, 3.05) is 27.4 Å². The third-order valence-electron chi connectivity index (χ3n) is 5.85. The molecule has 1 aromatic heterocycles. The average molecular weight is 469 g/mol. The molecule has 0 saturated carbocycles. The molecule has 7 nitrogen and oxygen atoms in total. The van der Waals surface area contributed by atoms with E-state index in [4.69, 9.17) is 21.1 Å². The maximum Gasteiger partial charge on any atom is 0.295 e. The number of benzene rings is 2. The molecule has 1 aliphatic rings. The zero-order valence-electron chi connectivity index (χ0n) is 18.6. The molecule has 0 aliphatic carbocycles. The molecular formula is C25H25ClN2O5. The first-order chi connectivity index (χ1) is 15.9. The van der Waals surface area contributed by atoms with Gasteiger partial charge < -0.3 is 24.5 Å². The Morgan fingerprint density at radius 1 is 1.21 bits per heavy atom. The van der Waals surface area contributed by atoms with Gasteiger partial charge in [0.05, 0.1) is 29.3 Å². The van der Waals surface area contributed by atoms with Gasteiger partial charge in [0.15, 0.2) is 0 Å². The molecule has 2 N–H and O–H groups in total. The van der Waals surface area contributed by atoms with Crippen LogP contribution >= 0.6 is 11.6 Å². The van der Waals surface area contributed by atoms with Crippen molar-refractivity contribution in [3.05, 3.63) is 69.9 Å². The largest absolute Gasteiger partial charge is 0.507 e. The minimum Gasteiger partial charge on any atom is -0.507 e. The van der Waals surface area contributed by atoms with E-state index in [1.807, 2.05) is 31.2 Å². The van der Waals surface area contributed by atoms with Gasteiger partial charge in [0.2, 0.25) is 0 Å². The number of nitrogens with zero attached hydrogens (tertiary/aromatic N) is 1. The van der Waals surface area contributed by atoms with Crippen LogP contribution in [0, 0.1) is 6.92 Å². The summed E-state index contributed by atoms with van der Waals surface area (Å²) in [5.41, 5.74) is 2.64. The van der Waals surface area contributed by atoms with Crippen LogP contribution in [0.4, 0.5) is 0 Å². The van der Waals surface area contributed by atoms with Crippen LogP contribution in [0.1, 0.15) is 29.2 Å². The summed E-state index contributed by atoms with van der Waals surface area (Å²) in [5, 5.41) is 12.6. The Morgan fingerprint density at radius 3 is 2.70 bits per heavy atom. The third kappa shape index (κ3) is 3.98. The number of rotatable bonds is 7. The summed E-state index contributed by atoms with van der Waals surface area (Å²) in [6, 6.07) is 10.2. The molecule has 0 bridgehead atoms. The molecule has 4 rings (SSSR count). The number of H-pyrrole nitrogens is 1. The number of aliphatic hydroxyl groups is 1. The van der Waals surface area contributed by atoms with Crippen LogP contribution in [-0.2, 0) is 14.3 Å².